The van der Waals surface area contributed by atoms with Crippen molar-refractivity contribution in [3.05, 3.63) is 78.5 Å². The maximum atomic E-state index is 12.1. The molecule has 0 spiro atoms. The van der Waals surface area contributed by atoms with E-state index in [9.17, 15) is 4.79 Å². The summed E-state index contributed by atoms with van der Waals surface area (Å²) in [4.78, 5) is 23.0. The van der Waals surface area contributed by atoms with Gasteiger partial charge in [0, 0.05) is 41.4 Å². The van der Waals surface area contributed by atoms with Crippen molar-refractivity contribution in [2.75, 3.05) is 36.6 Å². The van der Waals surface area contributed by atoms with E-state index >= 15 is 0 Å². The Labute approximate surface area is 197 Å². The topological polar surface area (TPSA) is 82.2 Å². The predicted molar refractivity (Wildman–Crippen MR) is 139 cm³/mol. The lowest BCUT2D eigenvalue weighted by atomic mass is 10.2. The first-order valence-electron chi connectivity index (χ1n) is 11.1. The van der Waals surface area contributed by atoms with E-state index in [1.54, 1.807) is 6.20 Å². The Bertz CT molecular complexity index is 1030. The summed E-state index contributed by atoms with van der Waals surface area (Å²) in [6, 6.07) is 17.3. The molecule has 0 saturated heterocycles. The molecule has 3 aromatic rings. The van der Waals surface area contributed by atoms with Gasteiger partial charge in [0.2, 0.25) is 11.9 Å². The monoisotopic (exact) mass is 446 g/mol. The molecule has 0 unspecified atom stereocenters. The van der Waals surface area contributed by atoms with E-state index in [-0.39, 0.29) is 5.91 Å². The predicted octanol–water partition coefficient (Wildman–Crippen LogP) is 5.74. The molecule has 0 bridgehead atoms. The fourth-order valence-corrected chi connectivity index (χ4v) is 2.65. The van der Waals surface area contributed by atoms with E-state index in [1.807, 2.05) is 86.6 Å². The van der Waals surface area contributed by atoms with Gasteiger partial charge in [0.15, 0.2) is 0 Å². The minimum Gasteiger partial charge on any atom is -0.340 e. The van der Waals surface area contributed by atoms with Crippen LogP contribution in [0.4, 0.5) is 28.8 Å². The van der Waals surface area contributed by atoms with Crippen LogP contribution in [-0.4, -0.2) is 41.4 Å². The van der Waals surface area contributed by atoms with Crippen molar-refractivity contribution in [3.8, 4) is 0 Å². The van der Waals surface area contributed by atoms with E-state index in [0.29, 0.717) is 24.0 Å². The van der Waals surface area contributed by atoms with Gasteiger partial charge in [-0.3, -0.25) is 4.79 Å². The number of amides is 1. The fraction of sp³-hybridized carbons (Fsp3) is 0.269. The van der Waals surface area contributed by atoms with Crippen LogP contribution in [0.2, 0.25) is 0 Å². The fourth-order valence-electron chi connectivity index (χ4n) is 2.65. The molecule has 0 aliphatic heterocycles. The highest BCUT2D eigenvalue weighted by atomic mass is 16.1. The van der Waals surface area contributed by atoms with Crippen LogP contribution in [-0.2, 0) is 4.79 Å². The molecule has 0 fully saturated rings. The number of aryl methyl sites for hydroxylation is 1. The van der Waals surface area contributed by atoms with Gasteiger partial charge < -0.3 is 20.9 Å². The van der Waals surface area contributed by atoms with E-state index in [4.69, 9.17) is 0 Å². The lowest BCUT2D eigenvalue weighted by molar-refractivity contribution is -0.111. The van der Waals surface area contributed by atoms with Crippen LogP contribution in [0.3, 0.4) is 0 Å². The number of benzene rings is 2. The quantitative estimate of drug-likeness (QED) is 0.383. The summed E-state index contributed by atoms with van der Waals surface area (Å²) in [7, 11) is 3.90. The molecular weight excluding hydrogens is 412 g/mol. The molecule has 33 heavy (non-hydrogen) atoms. The number of rotatable bonds is 8. The number of anilines is 5. The zero-order valence-corrected chi connectivity index (χ0v) is 20.1. The molecule has 3 N–H and O–H groups in total. The molecule has 7 nitrogen and oxygen atoms in total. The summed E-state index contributed by atoms with van der Waals surface area (Å²) < 4.78 is 0. The lowest BCUT2D eigenvalue weighted by Gasteiger charge is -2.12. The molecule has 0 atom stereocenters. The van der Waals surface area contributed by atoms with E-state index in [2.05, 4.69) is 39.8 Å². The first-order valence-corrected chi connectivity index (χ1v) is 11.1. The molecule has 2 aromatic carbocycles. The molecular formula is C26H34N6O. The van der Waals surface area contributed by atoms with Crippen LogP contribution < -0.4 is 16.0 Å². The first-order chi connectivity index (χ1) is 15.9. The van der Waals surface area contributed by atoms with E-state index in [1.165, 1.54) is 12.5 Å². The second kappa shape index (κ2) is 13.6. The second-order valence-corrected chi connectivity index (χ2v) is 7.78. The minimum absolute atomic E-state index is 0.165. The Morgan fingerprint density at radius 2 is 1.64 bits per heavy atom. The summed E-state index contributed by atoms with van der Waals surface area (Å²) in [6.07, 6.45) is 6.38. The van der Waals surface area contributed by atoms with Crippen molar-refractivity contribution in [1.29, 1.82) is 0 Å². The van der Waals surface area contributed by atoms with Crippen LogP contribution in [0.1, 0.15) is 25.8 Å². The molecule has 3 rings (SSSR count). The van der Waals surface area contributed by atoms with Crippen molar-refractivity contribution in [2.24, 2.45) is 0 Å². The summed E-state index contributed by atoms with van der Waals surface area (Å²) >= 11 is 0. The van der Waals surface area contributed by atoms with Crippen molar-refractivity contribution < 1.29 is 4.79 Å². The number of carbonyl (C=O) groups is 1. The number of carbonyl (C=O) groups excluding carboxylic acids is 1. The average Bonchev–Trinajstić information content (AvgIpc) is 2.77. The smallest absolute Gasteiger partial charge is 0.248 e. The van der Waals surface area contributed by atoms with Crippen LogP contribution in [0.5, 0.6) is 0 Å². The van der Waals surface area contributed by atoms with Crippen LogP contribution in [0, 0.1) is 6.92 Å². The summed E-state index contributed by atoms with van der Waals surface area (Å²) in [5.41, 5.74) is 3.35. The van der Waals surface area contributed by atoms with Gasteiger partial charge in [-0.2, -0.15) is 4.98 Å². The van der Waals surface area contributed by atoms with Crippen LogP contribution in [0.25, 0.3) is 0 Å². The highest BCUT2D eigenvalue weighted by Gasteiger charge is 2.06. The number of nitrogens with one attached hydrogen (secondary N) is 3. The number of aromatic nitrogens is 2. The van der Waals surface area contributed by atoms with Crippen molar-refractivity contribution in [2.45, 2.75) is 27.2 Å². The second-order valence-electron chi connectivity index (χ2n) is 7.78. The van der Waals surface area contributed by atoms with Gasteiger partial charge in [-0.1, -0.05) is 50.6 Å². The van der Waals surface area contributed by atoms with Gasteiger partial charge in [0.1, 0.15) is 5.82 Å². The SMILES string of the molecule is CCC.Cc1cnc(Nc2ccccc2)nc1Nc1cccc(NC(=O)/C=C/CN(C)C)c1. The van der Waals surface area contributed by atoms with Crippen molar-refractivity contribution in [3.63, 3.8) is 0 Å². The van der Waals surface area contributed by atoms with Gasteiger partial charge in [-0.25, -0.2) is 4.98 Å². The summed E-state index contributed by atoms with van der Waals surface area (Å²) in [6.45, 7) is 6.90. The van der Waals surface area contributed by atoms with Crippen LogP contribution >= 0.6 is 0 Å². The molecule has 0 saturated carbocycles. The van der Waals surface area contributed by atoms with Gasteiger partial charge >= 0.3 is 0 Å². The van der Waals surface area contributed by atoms with Gasteiger partial charge in [0.25, 0.3) is 0 Å². The van der Waals surface area contributed by atoms with Crippen molar-refractivity contribution >= 4 is 34.7 Å². The Morgan fingerprint density at radius 1 is 0.970 bits per heavy atom. The zero-order valence-electron chi connectivity index (χ0n) is 20.1. The number of likely N-dealkylation sites (N-methyl/N-ethyl adjacent to an activating group) is 1. The molecule has 0 aliphatic carbocycles. The Kier molecular flexibility index (Phi) is 10.6. The van der Waals surface area contributed by atoms with Crippen LogP contribution in [0.15, 0.2) is 72.9 Å². The number of hydrogen-bond donors (Lipinski definition) is 3. The number of nitrogens with zero attached hydrogens (tertiary/aromatic N) is 3. The Morgan fingerprint density at radius 3 is 2.33 bits per heavy atom. The van der Waals surface area contributed by atoms with Gasteiger partial charge in [-0.05, 0) is 51.4 Å². The molecule has 1 heterocycles. The molecule has 0 aliphatic rings. The molecule has 1 aromatic heterocycles. The average molecular weight is 447 g/mol. The zero-order chi connectivity index (χ0) is 24.1. The third-order valence-electron chi connectivity index (χ3n) is 4.13. The molecule has 1 amide bonds. The highest BCUT2D eigenvalue weighted by molar-refractivity contribution is 5.99. The third kappa shape index (κ3) is 9.53. The van der Waals surface area contributed by atoms with Crippen molar-refractivity contribution in [1.82, 2.24) is 14.9 Å². The van der Waals surface area contributed by atoms with E-state index < -0.39 is 0 Å². The number of para-hydroxylation sites is 1. The summed E-state index contributed by atoms with van der Waals surface area (Å²) in [5.74, 6) is 1.03. The molecule has 7 heteroatoms. The Balaban J connectivity index is 0.00000122. The first kappa shape index (κ1) is 25.5. The van der Waals surface area contributed by atoms with Gasteiger partial charge in [-0.15, -0.1) is 0 Å². The largest absolute Gasteiger partial charge is 0.340 e. The molecule has 174 valence electrons. The Hall–Kier alpha value is -3.71. The third-order valence-corrected chi connectivity index (χ3v) is 4.13. The maximum Gasteiger partial charge on any atom is 0.248 e. The summed E-state index contributed by atoms with van der Waals surface area (Å²) in [5, 5.41) is 9.37. The highest BCUT2D eigenvalue weighted by Crippen LogP contribution is 2.23. The normalized spacial score (nSPS) is 10.5. The lowest BCUT2D eigenvalue weighted by Crippen LogP contribution is -2.13. The maximum absolute atomic E-state index is 12.1. The number of hydrogen-bond acceptors (Lipinski definition) is 6. The standard InChI is InChI=1S/C23H26N6O.C3H8/c1-17-16-24-23(27-18-9-5-4-6-10-18)28-22(17)26-20-12-7-11-19(15-20)25-21(30)13-8-14-29(2)3;1-3-2/h4-13,15-16H,14H2,1-3H3,(H,25,30)(H2,24,26,27,28);3H2,1-2H3/b13-8+;. The minimum atomic E-state index is -0.165. The van der Waals surface area contributed by atoms with Gasteiger partial charge in [0.05, 0.1) is 0 Å². The molecule has 0 radical (unpaired) electrons. The van der Waals surface area contributed by atoms with E-state index in [0.717, 1.165) is 16.9 Å².